The van der Waals surface area contributed by atoms with Gasteiger partial charge in [-0.3, -0.25) is 4.98 Å². The number of aromatic nitrogens is 1. The van der Waals surface area contributed by atoms with E-state index in [-0.39, 0.29) is 0 Å². The Balaban J connectivity index is 1.91. The first-order valence-corrected chi connectivity index (χ1v) is 7.15. The summed E-state index contributed by atoms with van der Waals surface area (Å²) in [6.45, 7) is 0. The van der Waals surface area contributed by atoms with Crippen LogP contribution in [0.3, 0.4) is 0 Å². The van der Waals surface area contributed by atoms with E-state index in [1.165, 1.54) is 11.1 Å². The summed E-state index contributed by atoms with van der Waals surface area (Å²) >= 11 is 0. The van der Waals surface area contributed by atoms with Crippen molar-refractivity contribution in [1.29, 1.82) is 0 Å². The molecule has 21 heavy (non-hydrogen) atoms. The molecule has 5 rings (SSSR count). The van der Waals surface area contributed by atoms with Crippen LogP contribution in [0.1, 0.15) is 27.9 Å². The van der Waals surface area contributed by atoms with Crippen LogP contribution in [0, 0.1) is 0 Å². The van der Waals surface area contributed by atoms with Crippen LogP contribution in [0.4, 0.5) is 0 Å². The maximum atomic E-state index is 11.4. The van der Waals surface area contributed by atoms with E-state index in [0.717, 1.165) is 16.8 Å². The Labute approximate surface area is 122 Å². The molecule has 0 fully saturated rings. The van der Waals surface area contributed by atoms with Crippen molar-refractivity contribution >= 4 is 0 Å². The molecule has 2 aliphatic carbocycles. The standard InChI is InChI=1S/C19H13NO/c21-19-15-9-3-1-7-13(15)18(19,17-11-5-6-12-20-17)14-8-2-4-10-16(14)19/h1-12,21H. The predicted molar refractivity (Wildman–Crippen MR) is 80.0 cm³/mol. The molecule has 0 unspecified atom stereocenters. The molecule has 0 saturated carbocycles. The molecule has 1 aromatic heterocycles. The first kappa shape index (κ1) is 11.2. The van der Waals surface area contributed by atoms with Crippen molar-refractivity contribution in [3.63, 3.8) is 0 Å². The zero-order valence-electron chi connectivity index (χ0n) is 11.3. The predicted octanol–water partition coefficient (Wildman–Crippen LogP) is 2.98. The topological polar surface area (TPSA) is 33.1 Å². The van der Waals surface area contributed by atoms with Gasteiger partial charge < -0.3 is 5.11 Å². The second kappa shape index (κ2) is 3.41. The van der Waals surface area contributed by atoms with Crippen molar-refractivity contribution in [2.45, 2.75) is 11.0 Å². The largest absolute Gasteiger partial charge is 0.379 e. The average Bonchev–Trinajstić information content (AvgIpc) is 2.55. The summed E-state index contributed by atoms with van der Waals surface area (Å²) < 4.78 is 0. The summed E-state index contributed by atoms with van der Waals surface area (Å²) in [5, 5.41) is 11.4. The minimum atomic E-state index is -0.936. The third kappa shape index (κ3) is 0.958. The molecule has 2 aliphatic rings. The molecular weight excluding hydrogens is 258 g/mol. The summed E-state index contributed by atoms with van der Waals surface area (Å²) in [5.74, 6) is 0. The van der Waals surface area contributed by atoms with E-state index in [9.17, 15) is 5.11 Å². The van der Waals surface area contributed by atoms with E-state index < -0.39 is 11.0 Å². The van der Waals surface area contributed by atoms with Gasteiger partial charge in [0.1, 0.15) is 11.0 Å². The van der Waals surface area contributed by atoms with Gasteiger partial charge >= 0.3 is 0 Å². The van der Waals surface area contributed by atoms with Gasteiger partial charge in [-0.1, -0.05) is 54.6 Å². The highest BCUT2D eigenvalue weighted by Gasteiger charge is 2.73. The van der Waals surface area contributed by atoms with Crippen LogP contribution in [-0.4, -0.2) is 10.1 Å². The Bertz CT molecular complexity index is 822. The van der Waals surface area contributed by atoms with Gasteiger partial charge in [-0.15, -0.1) is 0 Å². The van der Waals surface area contributed by atoms with Crippen molar-refractivity contribution < 1.29 is 5.11 Å². The second-order valence-electron chi connectivity index (χ2n) is 5.77. The van der Waals surface area contributed by atoms with Gasteiger partial charge in [0.05, 0.1) is 5.69 Å². The molecule has 2 nitrogen and oxygen atoms in total. The number of hydrogen-bond donors (Lipinski definition) is 1. The van der Waals surface area contributed by atoms with Gasteiger partial charge in [-0.2, -0.15) is 0 Å². The lowest BCUT2D eigenvalue weighted by molar-refractivity contribution is -0.0361. The van der Waals surface area contributed by atoms with Crippen LogP contribution in [-0.2, 0) is 11.0 Å². The summed E-state index contributed by atoms with van der Waals surface area (Å²) in [5.41, 5.74) is 3.85. The Morgan fingerprint density at radius 3 is 1.71 bits per heavy atom. The van der Waals surface area contributed by atoms with E-state index in [1.807, 2.05) is 54.6 Å². The maximum Gasteiger partial charge on any atom is 0.135 e. The van der Waals surface area contributed by atoms with E-state index >= 15 is 0 Å². The smallest absolute Gasteiger partial charge is 0.135 e. The molecule has 0 atom stereocenters. The lowest BCUT2D eigenvalue weighted by Gasteiger charge is -2.65. The van der Waals surface area contributed by atoms with Gasteiger partial charge in [-0.05, 0) is 34.4 Å². The fourth-order valence-electron chi connectivity index (χ4n) is 4.26. The fourth-order valence-corrected chi connectivity index (χ4v) is 4.26. The number of rotatable bonds is 1. The summed E-state index contributed by atoms with van der Waals surface area (Å²) in [6.07, 6.45) is 1.80. The van der Waals surface area contributed by atoms with E-state index in [0.29, 0.717) is 0 Å². The van der Waals surface area contributed by atoms with Gasteiger partial charge in [0.15, 0.2) is 0 Å². The fraction of sp³-hybridized carbons (Fsp3) is 0.105. The highest BCUT2D eigenvalue weighted by molar-refractivity contribution is 5.78. The van der Waals surface area contributed by atoms with Crippen molar-refractivity contribution in [2.75, 3.05) is 0 Å². The van der Waals surface area contributed by atoms with Crippen molar-refractivity contribution in [1.82, 2.24) is 4.98 Å². The SMILES string of the molecule is OC12c3ccccc3C1(c1ccccn1)c1ccccc12. The molecular formula is C19H13NO. The molecule has 100 valence electrons. The maximum absolute atomic E-state index is 11.4. The molecule has 0 bridgehead atoms. The molecule has 1 heterocycles. The minimum absolute atomic E-state index is 0.499. The number of benzene rings is 2. The molecule has 0 saturated heterocycles. The van der Waals surface area contributed by atoms with E-state index in [2.05, 4.69) is 17.1 Å². The molecule has 2 heteroatoms. The monoisotopic (exact) mass is 271 g/mol. The number of hydrogen-bond acceptors (Lipinski definition) is 2. The number of fused-ring (bicyclic) bond motifs is 7. The van der Waals surface area contributed by atoms with Crippen LogP contribution in [0.2, 0.25) is 0 Å². The second-order valence-corrected chi connectivity index (χ2v) is 5.77. The summed E-state index contributed by atoms with van der Waals surface area (Å²) in [7, 11) is 0. The quantitative estimate of drug-likeness (QED) is 0.738. The van der Waals surface area contributed by atoms with E-state index in [4.69, 9.17) is 0 Å². The highest BCUT2D eigenvalue weighted by Crippen LogP contribution is 2.71. The number of aliphatic hydroxyl groups is 1. The molecule has 1 N–H and O–H groups in total. The molecule has 0 radical (unpaired) electrons. The first-order chi connectivity index (χ1) is 10.3. The molecule has 2 aromatic carbocycles. The Kier molecular flexibility index (Phi) is 1.82. The number of pyridine rings is 1. The third-order valence-electron chi connectivity index (χ3n) is 5.03. The Morgan fingerprint density at radius 1 is 0.667 bits per heavy atom. The van der Waals surface area contributed by atoms with Gasteiger partial charge in [-0.25, -0.2) is 0 Å². The lowest BCUT2D eigenvalue weighted by atomic mass is 9.38. The zero-order chi connectivity index (χ0) is 14.1. The normalized spacial score (nSPS) is 27.7. The highest BCUT2D eigenvalue weighted by atomic mass is 16.3. The van der Waals surface area contributed by atoms with E-state index in [1.54, 1.807) is 6.20 Å². The van der Waals surface area contributed by atoms with Gasteiger partial charge in [0.2, 0.25) is 0 Å². The third-order valence-corrected chi connectivity index (χ3v) is 5.03. The van der Waals surface area contributed by atoms with Crippen molar-refractivity contribution in [3.8, 4) is 0 Å². The van der Waals surface area contributed by atoms with Gasteiger partial charge in [0.25, 0.3) is 0 Å². The summed E-state index contributed by atoms with van der Waals surface area (Å²) in [6, 6.07) is 22.2. The minimum Gasteiger partial charge on any atom is -0.379 e. The first-order valence-electron chi connectivity index (χ1n) is 7.15. The molecule has 0 spiro atoms. The van der Waals surface area contributed by atoms with Crippen LogP contribution >= 0.6 is 0 Å². The van der Waals surface area contributed by atoms with Crippen molar-refractivity contribution in [3.05, 3.63) is 101 Å². The van der Waals surface area contributed by atoms with Crippen LogP contribution < -0.4 is 0 Å². The summed E-state index contributed by atoms with van der Waals surface area (Å²) in [4.78, 5) is 4.56. The van der Waals surface area contributed by atoms with Crippen LogP contribution in [0.15, 0.2) is 72.9 Å². The van der Waals surface area contributed by atoms with Crippen LogP contribution in [0.25, 0.3) is 0 Å². The number of nitrogens with zero attached hydrogens (tertiary/aromatic N) is 1. The zero-order valence-corrected chi connectivity index (χ0v) is 11.3. The molecule has 0 amide bonds. The Morgan fingerprint density at radius 2 is 1.19 bits per heavy atom. The Hall–Kier alpha value is -2.45. The van der Waals surface area contributed by atoms with Gasteiger partial charge in [0, 0.05) is 6.20 Å². The molecule has 0 aliphatic heterocycles. The molecule has 3 aromatic rings. The average molecular weight is 271 g/mol. The van der Waals surface area contributed by atoms with Crippen molar-refractivity contribution in [2.24, 2.45) is 0 Å². The van der Waals surface area contributed by atoms with Crippen LogP contribution in [0.5, 0.6) is 0 Å². The lowest BCUT2D eigenvalue weighted by Crippen LogP contribution is -2.68.